The van der Waals surface area contributed by atoms with E-state index in [4.69, 9.17) is 4.74 Å². The molecule has 3 aliphatic heterocycles. The van der Waals surface area contributed by atoms with Gasteiger partial charge in [-0.05, 0) is 33.3 Å². The molecule has 0 bridgehead atoms. The van der Waals surface area contributed by atoms with E-state index in [9.17, 15) is 22.8 Å². The van der Waals surface area contributed by atoms with Gasteiger partial charge in [0.25, 0.3) is 0 Å². The molecule has 1 aromatic heterocycles. The van der Waals surface area contributed by atoms with Gasteiger partial charge in [0, 0.05) is 57.3 Å². The van der Waals surface area contributed by atoms with Crippen molar-refractivity contribution in [1.82, 2.24) is 24.7 Å². The van der Waals surface area contributed by atoms with Gasteiger partial charge < -0.3 is 14.5 Å². The molecule has 0 spiro atoms. The standard InChI is InChI=1S/C22H31F3N6O3S/c1-21(2,3)34-20(33)31-13-15(12-16(31)18(32)30-10-11-35-14-30)28-6-8-29(9-7-28)17-4-5-26-19(27-17)22(23,24)25/h4-5,15-16H,6-14H2,1-3H3/t15-,16-/m0/s1. The SMILES string of the molecule is CC(C)(C)OC(=O)N1C[C@@H](N2CCN(c3ccnc(C(F)(F)F)n3)CC2)C[C@H]1C(=O)N1CCSC1. The lowest BCUT2D eigenvalue weighted by atomic mass is 10.1. The maximum absolute atomic E-state index is 13.2. The van der Waals surface area contributed by atoms with Gasteiger partial charge in [-0.25, -0.2) is 14.8 Å². The second kappa shape index (κ2) is 10.00. The van der Waals surface area contributed by atoms with E-state index in [2.05, 4.69) is 14.9 Å². The molecule has 4 rings (SSSR count). The van der Waals surface area contributed by atoms with E-state index in [1.807, 2.05) is 0 Å². The zero-order valence-corrected chi connectivity index (χ0v) is 20.9. The Morgan fingerprint density at radius 1 is 1.11 bits per heavy atom. The fraction of sp³-hybridized carbons (Fsp3) is 0.727. The molecule has 0 saturated carbocycles. The molecule has 0 N–H and O–H groups in total. The average Bonchev–Trinajstić information content (AvgIpc) is 3.48. The van der Waals surface area contributed by atoms with E-state index in [-0.39, 0.29) is 17.8 Å². The number of nitrogens with zero attached hydrogens (tertiary/aromatic N) is 6. The molecule has 0 aromatic carbocycles. The number of halogens is 3. The van der Waals surface area contributed by atoms with Gasteiger partial charge in [0.05, 0.1) is 5.88 Å². The molecule has 3 aliphatic rings. The van der Waals surface area contributed by atoms with Crippen LogP contribution < -0.4 is 4.90 Å². The van der Waals surface area contributed by atoms with Crippen LogP contribution in [0.4, 0.5) is 23.8 Å². The van der Waals surface area contributed by atoms with Gasteiger partial charge in [-0.15, -0.1) is 11.8 Å². The maximum Gasteiger partial charge on any atom is 0.451 e. The Bertz CT molecular complexity index is 930. The number of rotatable bonds is 3. The van der Waals surface area contributed by atoms with E-state index in [0.29, 0.717) is 51.6 Å². The van der Waals surface area contributed by atoms with E-state index in [0.717, 1.165) is 11.9 Å². The molecule has 3 fully saturated rings. The molecule has 13 heteroatoms. The normalized spacial score (nSPS) is 24.2. The van der Waals surface area contributed by atoms with E-state index in [1.165, 1.54) is 6.07 Å². The number of piperazine rings is 1. The van der Waals surface area contributed by atoms with Crippen molar-refractivity contribution in [2.45, 2.75) is 51.1 Å². The van der Waals surface area contributed by atoms with Gasteiger partial charge in [-0.3, -0.25) is 14.6 Å². The number of hydrogen-bond acceptors (Lipinski definition) is 8. The summed E-state index contributed by atoms with van der Waals surface area (Å²) < 4.78 is 44.6. The minimum absolute atomic E-state index is 0.0370. The molecule has 0 radical (unpaired) electrons. The fourth-order valence-corrected chi connectivity index (χ4v) is 5.57. The summed E-state index contributed by atoms with van der Waals surface area (Å²) in [6.07, 6.45) is -3.46. The number of anilines is 1. The lowest BCUT2D eigenvalue weighted by molar-refractivity contribution is -0.144. The van der Waals surface area contributed by atoms with Gasteiger partial charge in [-0.2, -0.15) is 13.2 Å². The van der Waals surface area contributed by atoms with Crippen LogP contribution in [-0.2, 0) is 15.7 Å². The average molecular weight is 517 g/mol. The predicted molar refractivity (Wildman–Crippen MR) is 125 cm³/mol. The zero-order chi connectivity index (χ0) is 25.4. The second-order valence-electron chi connectivity index (χ2n) is 9.94. The number of carbonyl (C=O) groups is 2. The Labute approximate surface area is 207 Å². The summed E-state index contributed by atoms with van der Waals surface area (Å²) in [5.41, 5.74) is -0.676. The van der Waals surface area contributed by atoms with E-state index >= 15 is 0 Å². The zero-order valence-electron chi connectivity index (χ0n) is 20.1. The van der Waals surface area contributed by atoms with Crippen LogP contribution in [-0.4, -0.2) is 105 Å². The monoisotopic (exact) mass is 516 g/mol. The summed E-state index contributed by atoms with van der Waals surface area (Å²) in [7, 11) is 0. The number of likely N-dealkylation sites (tertiary alicyclic amines) is 1. The molecular formula is C22H31F3N6O3S. The Kier molecular flexibility index (Phi) is 7.37. The van der Waals surface area contributed by atoms with Gasteiger partial charge in [-0.1, -0.05) is 0 Å². The largest absolute Gasteiger partial charge is 0.451 e. The lowest BCUT2D eigenvalue weighted by Gasteiger charge is -2.38. The number of ether oxygens (including phenoxy) is 1. The summed E-state index contributed by atoms with van der Waals surface area (Å²) in [6, 6.07) is 0.862. The Morgan fingerprint density at radius 2 is 1.83 bits per heavy atom. The van der Waals surface area contributed by atoms with Gasteiger partial charge >= 0.3 is 12.3 Å². The van der Waals surface area contributed by atoms with Crippen LogP contribution in [0.15, 0.2) is 12.3 Å². The van der Waals surface area contributed by atoms with Gasteiger partial charge in [0.2, 0.25) is 11.7 Å². The van der Waals surface area contributed by atoms with E-state index in [1.54, 1.807) is 47.2 Å². The number of hydrogen-bond donors (Lipinski definition) is 0. The maximum atomic E-state index is 13.2. The van der Waals surface area contributed by atoms with Crippen molar-refractivity contribution in [1.29, 1.82) is 0 Å². The van der Waals surface area contributed by atoms with Crippen LogP contribution in [0.1, 0.15) is 33.0 Å². The van der Waals surface area contributed by atoms with Crippen LogP contribution in [0.25, 0.3) is 0 Å². The second-order valence-corrected chi connectivity index (χ2v) is 11.0. The van der Waals surface area contributed by atoms with Crippen LogP contribution >= 0.6 is 11.8 Å². The number of carbonyl (C=O) groups excluding carboxylic acids is 2. The third-order valence-electron chi connectivity index (χ3n) is 6.31. The molecule has 194 valence electrons. The first-order chi connectivity index (χ1) is 16.4. The van der Waals surface area contributed by atoms with Gasteiger partial charge in [0.1, 0.15) is 17.5 Å². The smallest absolute Gasteiger partial charge is 0.444 e. The summed E-state index contributed by atoms with van der Waals surface area (Å²) in [4.78, 5) is 40.6. The van der Waals surface area contributed by atoms with Crippen molar-refractivity contribution in [2.75, 3.05) is 55.8 Å². The molecule has 0 aliphatic carbocycles. The highest BCUT2D eigenvalue weighted by Gasteiger charge is 2.45. The molecule has 35 heavy (non-hydrogen) atoms. The first-order valence-electron chi connectivity index (χ1n) is 11.7. The third-order valence-corrected chi connectivity index (χ3v) is 7.27. The van der Waals surface area contributed by atoms with E-state index < -0.39 is 29.7 Å². The highest BCUT2D eigenvalue weighted by molar-refractivity contribution is 7.99. The summed E-state index contributed by atoms with van der Waals surface area (Å²) in [5.74, 6) is 0.549. The Morgan fingerprint density at radius 3 is 2.43 bits per heavy atom. The molecule has 1 aromatic rings. The quantitative estimate of drug-likeness (QED) is 0.607. The van der Waals surface area contributed by atoms with Crippen molar-refractivity contribution >= 4 is 29.6 Å². The molecule has 0 unspecified atom stereocenters. The first kappa shape index (κ1) is 25.8. The lowest BCUT2D eigenvalue weighted by Crippen LogP contribution is -2.51. The van der Waals surface area contributed by atoms with Crippen molar-refractivity contribution in [3.05, 3.63) is 18.1 Å². The number of aromatic nitrogens is 2. The number of thioether (sulfide) groups is 1. The minimum atomic E-state index is -4.60. The Balaban J connectivity index is 1.42. The molecule has 3 saturated heterocycles. The summed E-state index contributed by atoms with van der Waals surface area (Å²) >= 11 is 1.69. The summed E-state index contributed by atoms with van der Waals surface area (Å²) in [6.45, 7) is 8.56. The number of amides is 2. The van der Waals surface area contributed by atoms with Crippen LogP contribution in [0.2, 0.25) is 0 Å². The highest BCUT2D eigenvalue weighted by Crippen LogP contribution is 2.30. The highest BCUT2D eigenvalue weighted by atomic mass is 32.2. The van der Waals surface area contributed by atoms with Crippen molar-refractivity contribution in [3.8, 4) is 0 Å². The van der Waals surface area contributed by atoms with Gasteiger partial charge in [0.15, 0.2) is 0 Å². The fourth-order valence-electron chi connectivity index (χ4n) is 4.61. The van der Waals surface area contributed by atoms with Crippen LogP contribution in [0, 0.1) is 0 Å². The Hall–Kier alpha value is -2.28. The van der Waals surface area contributed by atoms with Crippen LogP contribution in [0.5, 0.6) is 0 Å². The molecule has 4 heterocycles. The molecule has 9 nitrogen and oxygen atoms in total. The molecule has 2 amide bonds. The van der Waals surface area contributed by atoms with Crippen molar-refractivity contribution in [2.24, 2.45) is 0 Å². The minimum Gasteiger partial charge on any atom is -0.444 e. The summed E-state index contributed by atoms with van der Waals surface area (Å²) in [5, 5.41) is 0. The van der Waals surface area contributed by atoms with Crippen molar-refractivity contribution in [3.63, 3.8) is 0 Å². The van der Waals surface area contributed by atoms with Crippen molar-refractivity contribution < 1.29 is 27.5 Å². The molecule has 2 atom stereocenters. The topological polar surface area (TPSA) is 82.1 Å². The molecular weight excluding hydrogens is 485 g/mol. The third kappa shape index (κ3) is 6.11. The van der Waals surface area contributed by atoms with Crippen LogP contribution in [0.3, 0.4) is 0 Å². The number of alkyl halides is 3. The first-order valence-corrected chi connectivity index (χ1v) is 12.8. The predicted octanol–water partition coefficient (Wildman–Crippen LogP) is 2.53.